The summed E-state index contributed by atoms with van der Waals surface area (Å²) >= 11 is 0. The third kappa shape index (κ3) is 3.06. The third-order valence-corrected chi connectivity index (χ3v) is 2.78. The third-order valence-electron chi connectivity index (χ3n) is 2.78. The van der Waals surface area contributed by atoms with E-state index in [0.29, 0.717) is 13.0 Å². The Kier molecular flexibility index (Phi) is 4.06. The number of aliphatic hydroxyl groups is 1. The molecule has 1 aromatic heterocycles. The van der Waals surface area contributed by atoms with Crippen LogP contribution in [0.5, 0.6) is 0 Å². The first-order valence-electron chi connectivity index (χ1n) is 5.32. The van der Waals surface area contributed by atoms with Crippen molar-refractivity contribution in [2.75, 3.05) is 13.7 Å². The van der Waals surface area contributed by atoms with E-state index in [1.54, 1.807) is 22.8 Å². The second-order valence-corrected chi connectivity index (χ2v) is 4.44. The van der Waals surface area contributed by atoms with Gasteiger partial charge in [-0.25, -0.2) is 0 Å². The van der Waals surface area contributed by atoms with Crippen molar-refractivity contribution in [3.05, 3.63) is 18.5 Å². The minimum atomic E-state index is -0.513. The summed E-state index contributed by atoms with van der Waals surface area (Å²) in [6.07, 6.45) is 3.90. The Morgan fingerprint density at radius 1 is 1.56 bits per heavy atom. The number of aromatic nitrogens is 2. The van der Waals surface area contributed by atoms with Gasteiger partial charge in [-0.1, -0.05) is 0 Å². The molecule has 0 spiro atoms. The molecular formula is C11H19N3O2. The van der Waals surface area contributed by atoms with E-state index in [9.17, 15) is 4.79 Å². The van der Waals surface area contributed by atoms with Gasteiger partial charge in [0.25, 0.3) is 0 Å². The summed E-state index contributed by atoms with van der Waals surface area (Å²) in [4.78, 5) is 13.4. The Bertz CT molecular complexity index is 333. The fourth-order valence-corrected chi connectivity index (χ4v) is 1.25. The maximum absolute atomic E-state index is 11.8. The summed E-state index contributed by atoms with van der Waals surface area (Å²) in [6, 6.07) is 1.83. The van der Waals surface area contributed by atoms with Crippen molar-refractivity contribution < 1.29 is 9.90 Å². The molecule has 0 saturated carbocycles. The molecule has 0 bridgehead atoms. The summed E-state index contributed by atoms with van der Waals surface area (Å²) in [5, 5.41) is 13.2. The van der Waals surface area contributed by atoms with Crippen LogP contribution in [0.3, 0.4) is 0 Å². The van der Waals surface area contributed by atoms with Crippen LogP contribution in [0.4, 0.5) is 0 Å². The number of carbonyl (C=O) groups is 1. The van der Waals surface area contributed by atoms with Crippen molar-refractivity contribution in [2.45, 2.75) is 32.4 Å². The Morgan fingerprint density at radius 2 is 2.25 bits per heavy atom. The summed E-state index contributed by atoms with van der Waals surface area (Å²) in [5.74, 6) is 0.00884. The number of likely N-dealkylation sites (N-methyl/N-ethyl adjacent to an activating group) is 1. The van der Waals surface area contributed by atoms with Gasteiger partial charge >= 0.3 is 0 Å². The largest absolute Gasteiger partial charge is 0.394 e. The van der Waals surface area contributed by atoms with Gasteiger partial charge in [-0.3, -0.25) is 9.48 Å². The normalized spacial score (nSPS) is 11.5. The molecule has 90 valence electrons. The lowest BCUT2D eigenvalue weighted by Crippen LogP contribution is -2.47. The standard InChI is InChI=1S/C11H19N3O2/c1-11(2,9-15)13(3)10(16)5-8-14-7-4-6-12-14/h4,6-7,15H,5,8-9H2,1-3H3. The number of hydrogen-bond donors (Lipinski definition) is 1. The van der Waals surface area contributed by atoms with E-state index < -0.39 is 5.54 Å². The van der Waals surface area contributed by atoms with Crippen molar-refractivity contribution in [1.29, 1.82) is 0 Å². The Balaban J connectivity index is 2.46. The smallest absolute Gasteiger partial charge is 0.224 e. The van der Waals surface area contributed by atoms with Gasteiger partial charge in [-0.2, -0.15) is 5.10 Å². The van der Waals surface area contributed by atoms with Crippen LogP contribution in [0.1, 0.15) is 20.3 Å². The van der Waals surface area contributed by atoms with Gasteiger partial charge in [0.15, 0.2) is 0 Å². The highest BCUT2D eigenvalue weighted by atomic mass is 16.3. The second kappa shape index (κ2) is 5.12. The first-order chi connectivity index (χ1) is 7.47. The number of hydrogen-bond acceptors (Lipinski definition) is 3. The fraction of sp³-hybridized carbons (Fsp3) is 0.636. The first kappa shape index (κ1) is 12.7. The Hall–Kier alpha value is -1.36. The van der Waals surface area contributed by atoms with Gasteiger partial charge in [0.2, 0.25) is 5.91 Å². The predicted octanol–water partition coefficient (Wildman–Crippen LogP) is 0.502. The van der Waals surface area contributed by atoms with E-state index in [-0.39, 0.29) is 12.5 Å². The van der Waals surface area contributed by atoms with E-state index in [4.69, 9.17) is 5.11 Å². The van der Waals surface area contributed by atoms with Crippen LogP contribution >= 0.6 is 0 Å². The molecule has 0 fully saturated rings. The molecule has 0 saturated heterocycles. The number of nitrogens with zero attached hydrogens (tertiary/aromatic N) is 3. The molecular weight excluding hydrogens is 206 g/mol. The highest BCUT2D eigenvalue weighted by molar-refractivity contribution is 5.76. The summed E-state index contributed by atoms with van der Waals surface area (Å²) in [5.41, 5.74) is -0.513. The molecule has 1 rings (SSSR count). The molecule has 16 heavy (non-hydrogen) atoms. The topological polar surface area (TPSA) is 58.4 Å². The Labute approximate surface area is 95.7 Å². The van der Waals surface area contributed by atoms with Gasteiger partial charge in [-0.05, 0) is 19.9 Å². The van der Waals surface area contributed by atoms with E-state index in [1.807, 2.05) is 26.1 Å². The second-order valence-electron chi connectivity index (χ2n) is 4.44. The minimum Gasteiger partial charge on any atom is -0.394 e. The molecule has 5 heteroatoms. The zero-order valence-electron chi connectivity index (χ0n) is 10.1. The molecule has 0 unspecified atom stereocenters. The zero-order chi connectivity index (χ0) is 12.2. The SMILES string of the molecule is CN(C(=O)CCn1cccn1)C(C)(C)CO. The van der Waals surface area contributed by atoms with Gasteiger partial charge in [0.05, 0.1) is 12.1 Å². The molecule has 0 atom stereocenters. The van der Waals surface area contributed by atoms with Crippen LogP contribution in [-0.4, -0.2) is 44.9 Å². The van der Waals surface area contributed by atoms with Crippen LogP contribution in [0.15, 0.2) is 18.5 Å². The highest BCUT2D eigenvalue weighted by Gasteiger charge is 2.26. The van der Waals surface area contributed by atoms with Gasteiger partial charge in [0.1, 0.15) is 0 Å². The lowest BCUT2D eigenvalue weighted by atomic mass is 10.0. The average molecular weight is 225 g/mol. The van der Waals surface area contributed by atoms with Crippen LogP contribution in [0.2, 0.25) is 0 Å². The first-order valence-corrected chi connectivity index (χ1v) is 5.32. The lowest BCUT2D eigenvalue weighted by Gasteiger charge is -2.34. The van der Waals surface area contributed by atoms with E-state index in [2.05, 4.69) is 5.10 Å². The van der Waals surface area contributed by atoms with Crippen molar-refractivity contribution in [3.8, 4) is 0 Å². The lowest BCUT2D eigenvalue weighted by molar-refractivity contribution is -0.136. The summed E-state index contributed by atoms with van der Waals surface area (Å²) < 4.78 is 1.72. The van der Waals surface area contributed by atoms with Crippen molar-refractivity contribution >= 4 is 5.91 Å². The summed E-state index contributed by atoms with van der Waals surface area (Å²) in [6.45, 7) is 4.19. The minimum absolute atomic E-state index is 0.00884. The number of aliphatic hydroxyl groups excluding tert-OH is 1. The molecule has 0 radical (unpaired) electrons. The molecule has 1 aromatic rings. The van der Waals surface area contributed by atoms with Gasteiger partial charge < -0.3 is 10.0 Å². The van der Waals surface area contributed by atoms with Crippen LogP contribution < -0.4 is 0 Å². The zero-order valence-corrected chi connectivity index (χ0v) is 10.1. The van der Waals surface area contributed by atoms with E-state index in [0.717, 1.165) is 0 Å². The fourth-order valence-electron chi connectivity index (χ4n) is 1.25. The Morgan fingerprint density at radius 3 is 2.75 bits per heavy atom. The molecule has 5 nitrogen and oxygen atoms in total. The van der Waals surface area contributed by atoms with Crippen LogP contribution in [-0.2, 0) is 11.3 Å². The van der Waals surface area contributed by atoms with Crippen molar-refractivity contribution in [2.24, 2.45) is 0 Å². The van der Waals surface area contributed by atoms with Crippen molar-refractivity contribution in [3.63, 3.8) is 0 Å². The molecule has 0 aliphatic rings. The number of amides is 1. The molecule has 1 N–H and O–H groups in total. The van der Waals surface area contributed by atoms with E-state index in [1.165, 1.54) is 0 Å². The molecule has 0 aliphatic heterocycles. The van der Waals surface area contributed by atoms with Crippen LogP contribution in [0, 0.1) is 0 Å². The molecule has 1 heterocycles. The predicted molar refractivity (Wildman–Crippen MR) is 60.8 cm³/mol. The van der Waals surface area contributed by atoms with E-state index >= 15 is 0 Å². The van der Waals surface area contributed by atoms with Crippen molar-refractivity contribution in [1.82, 2.24) is 14.7 Å². The quantitative estimate of drug-likeness (QED) is 0.794. The highest BCUT2D eigenvalue weighted by Crippen LogP contribution is 2.12. The average Bonchev–Trinajstić information content (AvgIpc) is 2.77. The molecule has 1 amide bonds. The van der Waals surface area contributed by atoms with Gasteiger partial charge in [-0.15, -0.1) is 0 Å². The maximum Gasteiger partial charge on any atom is 0.224 e. The van der Waals surface area contributed by atoms with Gasteiger partial charge in [0, 0.05) is 32.4 Å². The summed E-state index contributed by atoms with van der Waals surface area (Å²) in [7, 11) is 1.71. The molecule has 0 aromatic carbocycles. The monoisotopic (exact) mass is 225 g/mol. The van der Waals surface area contributed by atoms with Crippen LogP contribution in [0.25, 0.3) is 0 Å². The molecule has 0 aliphatic carbocycles. The number of aryl methyl sites for hydroxylation is 1. The number of rotatable bonds is 5. The number of carbonyl (C=O) groups excluding carboxylic acids is 1. The maximum atomic E-state index is 11.8.